The van der Waals surface area contributed by atoms with E-state index in [1.54, 1.807) is 0 Å². The molecule has 2 aliphatic rings. The molecule has 2 fully saturated rings. The molecule has 2 aliphatic carbocycles. The summed E-state index contributed by atoms with van der Waals surface area (Å²) in [5, 5.41) is 4.25. The summed E-state index contributed by atoms with van der Waals surface area (Å²) >= 11 is 0. The quantitative estimate of drug-likeness (QED) is 0.621. The molecular formula is C26H28N2O. The second-order valence-corrected chi connectivity index (χ2v) is 9.04. The molecule has 148 valence electrons. The molecule has 1 N–H and O–H groups in total. The molecule has 1 heterocycles. The minimum absolute atomic E-state index is 0.0206. The van der Waals surface area contributed by atoms with Crippen LogP contribution >= 0.6 is 0 Å². The van der Waals surface area contributed by atoms with Crippen molar-refractivity contribution in [2.75, 3.05) is 0 Å². The number of hydrogen-bond acceptors (Lipinski definition) is 2. The zero-order valence-corrected chi connectivity index (χ0v) is 17.2. The highest BCUT2D eigenvalue weighted by Gasteiger charge is 2.42. The van der Waals surface area contributed by atoms with Crippen molar-refractivity contribution >= 4 is 16.8 Å². The van der Waals surface area contributed by atoms with Crippen LogP contribution in [0.15, 0.2) is 54.6 Å². The Morgan fingerprint density at radius 1 is 1.07 bits per heavy atom. The number of rotatable bonds is 4. The molecule has 1 amide bonds. The van der Waals surface area contributed by atoms with Crippen molar-refractivity contribution in [1.82, 2.24) is 10.3 Å². The molecule has 4 atom stereocenters. The monoisotopic (exact) mass is 384 g/mol. The van der Waals surface area contributed by atoms with E-state index >= 15 is 0 Å². The molecule has 0 aliphatic heterocycles. The third-order valence-electron chi connectivity index (χ3n) is 7.10. The Hall–Kier alpha value is -2.68. The molecule has 2 bridgehead atoms. The van der Waals surface area contributed by atoms with Gasteiger partial charge in [-0.3, -0.25) is 4.79 Å². The molecule has 2 aromatic carbocycles. The summed E-state index contributed by atoms with van der Waals surface area (Å²) in [6.07, 6.45) is 5.36. The first-order valence-electron chi connectivity index (χ1n) is 10.9. The maximum absolute atomic E-state index is 13.3. The molecule has 3 aromatic rings. The Balaban J connectivity index is 1.47. The zero-order valence-electron chi connectivity index (χ0n) is 17.2. The van der Waals surface area contributed by atoms with Gasteiger partial charge in [-0.05, 0) is 63.0 Å². The Morgan fingerprint density at radius 3 is 2.59 bits per heavy atom. The van der Waals surface area contributed by atoms with Crippen LogP contribution in [0.2, 0.25) is 0 Å². The summed E-state index contributed by atoms with van der Waals surface area (Å²) in [5.41, 5.74) is 4.69. The average molecular weight is 385 g/mol. The summed E-state index contributed by atoms with van der Waals surface area (Å²) in [6, 6.07) is 18.4. The molecule has 0 radical (unpaired) electrons. The van der Waals surface area contributed by atoms with Gasteiger partial charge in [-0.25, -0.2) is 4.98 Å². The van der Waals surface area contributed by atoms with Crippen LogP contribution in [0.1, 0.15) is 48.5 Å². The predicted octanol–water partition coefficient (Wildman–Crippen LogP) is 5.76. The zero-order chi connectivity index (χ0) is 20.0. The van der Waals surface area contributed by atoms with Crippen LogP contribution < -0.4 is 5.32 Å². The summed E-state index contributed by atoms with van der Waals surface area (Å²) in [5.74, 6) is 2.33. The number of fused-ring (bicyclic) bond motifs is 3. The van der Waals surface area contributed by atoms with Gasteiger partial charge in [0.25, 0.3) is 5.91 Å². The molecule has 3 nitrogen and oxygen atoms in total. The number of pyridine rings is 1. The lowest BCUT2D eigenvalue weighted by molar-refractivity contribution is 0.0917. The number of benzene rings is 2. The van der Waals surface area contributed by atoms with E-state index in [-0.39, 0.29) is 11.9 Å². The van der Waals surface area contributed by atoms with Crippen LogP contribution in [0.25, 0.3) is 22.2 Å². The molecular weight excluding hydrogens is 356 g/mol. The number of aromatic nitrogens is 1. The standard InChI is InChI=1S/C26H28N2O/c1-16-7-10-19(11-8-16)25-15-23(21-5-3-4-6-24(21)28-25)26(29)27-17(2)22-14-18-9-12-20(22)13-18/h3-8,10-11,15,17-18,20,22H,9,12-14H2,1-2H3,(H,27,29)/t17-,18-,20-,22+/m0/s1. The molecule has 2 saturated carbocycles. The largest absolute Gasteiger partial charge is 0.349 e. The Kier molecular flexibility index (Phi) is 4.61. The molecule has 0 spiro atoms. The number of para-hydroxylation sites is 1. The smallest absolute Gasteiger partial charge is 0.252 e. The molecule has 29 heavy (non-hydrogen) atoms. The van der Waals surface area contributed by atoms with E-state index < -0.39 is 0 Å². The van der Waals surface area contributed by atoms with Gasteiger partial charge < -0.3 is 5.32 Å². The number of amides is 1. The van der Waals surface area contributed by atoms with Crippen molar-refractivity contribution in [3.05, 3.63) is 65.7 Å². The van der Waals surface area contributed by atoms with E-state index in [1.165, 1.54) is 31.2 Å². The lowest BCUT2D eigenvalue weighted by Gasteiger charge is -2.28. The second-order valence-electron chi connectivity index (χ2n) is 9.04. The van der Waals surface area contributed by atoms with E-state index in [2.05, 4.69) is 43.4 Å². The Morgan fingerprint density at radius 2 is 1.86 bits per heavy atom. The maximum atomic E-state index is 13.3. The SMILES string of the molecule is Cc1ccc(-c2cc(C(=O)N[C@@H](C)[C@H]3C[C@H]4CC[C@H]3C4)c3ccccc3n2)cc1. The molecule has 0 unspecified atom stereocenters. The van der Waals surface area contributed by atoms with Crippen LogP contribution in [0, 0.1) is 24.7 Å². The number of carbonyl (C=O) groups excluding carboxylic acids is 1. The highest BCUT2D eigenvalue weighted by atomic mass is 16.1. The van der Waals surface area contributed by atoms with Crippen molar-refractivity contribution in [2.45, 2.75) is 45.6 Å². The molecule has 0 saturated heterocycles. The van der Waals surface area contributed by atoms with Gasteiger partial charge in [-0.2, -0.15) is 0 Å². The number of aryl methyl sites for hydroxylation is 1. The van der Waals surface area contributed by atoms with Gasteiger partial charge in [0.1, 0.15) is 0 Å². The number of nitrogens with one attached hydrogen (secondary N) is 1. The van der Waals surface area contributed by atoms with Crippen molar-refractivity contribution in [3.8, 4) is 11.3 Å². The highest BCUT2D eigenvalue weighted by Crippen LogP contribution is 2.49. The van der Waals surface area contributed by atoms with Gasteiger partial charge in [-0.15, -0.1) is 0 Å². The fraction of sp³-hybridized carbons (Fsp3) is 0.385. The molecule has 5 rings (SSSR count). The summed E-state index contributed by atoms with van der Waals surface area (Å²) in [4.78, 5) is 18.2. The topological polar surface area (TPSA) is 42.0 Å². The van der Waals surface area contributed by atoms with Crippen molar-refractivity contribution in [1.29, 1.82) is 0 Å². The number of carbonyl (C=O) groups is 1. The van der Waals surface area contributed by atoms with Crippen molar-refractivity contribution in [3.63, 3.8) is 0 Å². The number of nitrogens with zero attached hydrogens (tertiary/aromatic N) is 1. The van der Waals surface area contributed by atoms with Gasteiger partial charge in [0.05, 0.1) is 16.8 Å². The molecule has 1 aromatic heterocycles. The normalized spacial score (nSPS) is 24.0. The van der Waals surface area contributed by atoms with Crippen LogP contribution in [-0.4, -0.2) is 16.9 Å². The third-order valence-corrected chi connectivity index (χ3v) is 7.10. The van der Waals surface area contributed by atoms with E-state index in [9.17, 15) is 4.79 Å². The van der Waals surface area contributed by atoms with Crippen LogP contribution in [-0.2, 0) is 0 Å². The minimum atomic E-state index is 0.0206. The fourth-order valence-corrected chi connectivity index (χ4v) is 5.53. The predicted molar refractivity (Wildman–Crippen MR) is 118 cm³/mol. The van der Waals surface area contributed by atoms with Crippen LogP contribution in [0.5, 0.6) is 0 Å². The first kappa shape index (κ1) is 18.4. The van der Waals surface area contributed by atoms with Crippen molar-refractivity contribution in [2.24, 2.45) is 17.8 Å². The molecule has 3 heteroatoms. The van der Waals surface area contributed by atoms with E-state index in [1.807, 2.05) is 30.3 Å². The lowest BCUT2D eigenvalue weighted by atomic mass is 9.84. The van der Waals surface area contributed by atoms with Gasteiger partial charge in [-0.1, -0.05) is 54.4 Å². The highest BCUT2D eigenvalue weighted by molar-refractivity contribution is 6.07. The van der Waals surface area contributed by atoms with Crippen LogP contribution in [0.3, 0.4) is 0 Å². The summed E-state index contributed by atoms with van der Waals surface area (Å²) in [7, 11) is 0. The fourth-order valence-electron chi connectivity index (χ4n) is 5.53. The summed E-state index contributed by atoms with van der Waals surface area (Å²) in [6.45, 7) is 4.26. The second kappa shape index (κ2) is 7.29. The van der Waals surface area contributed by atoms with Gasteiger partial charge in [0, 0.05) is 17.0 Å². The first-order chi connectivity index (χ1) is 14.1. The maximum Gasteiger partial charge on any atom is 0.252 e. The van der Waals surface area contributed by atoms with Gasteiger partial charge in [0.2, 0.25) is 0 Å². The first-order valence-corrected chi connectivity index (χ1v) is 10.9. The Bertz CT molecular complexity index is 1060. The Labute approximate surface area is 172 Å². The number of hydrogen-bond donors (Lipinski definition) is 1. The van der Waals surface area contributed by atoms with E-state index in [4.69, 9.17) is 4.98 Å². The summed E-state index contributed by atoms with van der Waals surface area (Å²) < 4.78 is 0. The van der Waals surface area contributed by atoms with Crippen LogP contribution in [0.4, 0.5) is 0 Å². The third kappa shape index (κ3) is 3.43. The minimum Gasteiger partial charge on any atom is -0.349 e. The van der Waals surface area contributed by atoms with Gasteiger partial charge in [0.15, 0.2) is 0 Å². The van der Waals surface area contributed by atoms with Gasteiger partial charge >= 0.3 is 0 Å². The van der Waals surface area contributed by atoms with E-state index in [0.717, 1.165) is 39.6 Å². The lowest BCUT2D eigenvalue weighted by Crippen LogP contribution is -2.40. The van der Waals surface area contributed by atoms with E-state index in [0.29, 0.717) is 5.92 Å². The van der Waals surface area contributed by atoms with Crippen molar-refractivity contribution < 1.29 is 4.79 Å². The average Bonchev–Trinajstić information content (AvgIpc) is 3.37.